The predicted octanol–water partition coefficient (Wildman–Crippen LogP) is 23.2. The zero-order valence-electron chi connectivity index (χ0n) is 61.0. The highest BCUT2D eigenvalue weighted by atomic mass is 16.7. The van der Waals surface area contributed by atoms with Crippen LogP contribution in [0.3, 0.4) is 0 Å². The summed E-state index contributed by atoms with van der Waals surface area (Å²) in [5.74, 6) is -0.138. The molecule has 7 unspecified atom stereocenters. The molecular formula is C84H153NO8. The molecule has 0 spiro atoms. The molecule has 1 fully saturated rings. The van der Waals surface area contributed by atoms with Crippen LogP contribution >= 0.6 is 0 Å². The van der Waals surface area contributed by atoms with Crippen LogP contribution in [0.4, 0.5) is 0 Å². The fraction of sp³-hybridized carbons (Fsp3) is 0.821. The summed E-state index contributed by atoms with van der Waals surface area (Å²) < 4.78 is 11.4. The molecule has 542 valence electrons. The predicted molar refractivity (Wildman–Crippen MR) is 401 cm³/mol. The molecule has 0 radical (unpaired) electrons. The maximum Gasteiger partial charge on any atom is 0.220 e. The van der Waals surface area contributed by atoms with Gasteiger partial charge in [-0.1, -0.05) is 394 Å². The monoisotopic (exact) mass is 1300 g/mol. The van der Waals surface area contributed by atoms with Gasteiger partial charge in [0, 0.05) is 6.42 Å². The number of ether oxygens (including phenoxy) is 2. The van der Waals surface area contributed by atoms with Crippen LogP contribution in [0.1, 0.15) is 386 Å². The molecular weight excluding hydrogens is 1150 g/mol. The minimum atomic E-state index is -1.56. The van der Waals surface area contributed by atoms with Gasteiger partial charge in [0.1, 0.15) is 24.4 Å². The molecule has 1 saturated heterocycles. The summed E-state index contributed by atoms with van der Waals surface area (Å²) in [6.07, 6.45) is 96.9. The fourth-order valence-electron chi connectivity index (χ4n) is 12.8. The summed E-state index contributed by atoms with van der Waals surface area (Å²) >= 11 is 0. The van der Waals surface area contributed by atoms with Gasteiger partial charge in [-0.05, 0) is 70.6 Å². The zero-order chi connectivity index (χ0) is 67.1. The average Bonchev–Trinajstić information content (AvgIpc) is 1.00. The standard InChI is InChI=1S/C84H153NO8/c1-3-5-7-9-11-13-15-17-19-21-23-25-27-29-31-33-34-35-36-37-38-39-40-41-42-43-44-46-48-50-52-54-56-58-60-62-64-66-68-70-72-74-80(88)85-77(76-92-84-83(91)82(90)81(89)79(75-86)93-84)78(87)73-71-69-67-65-63-61-59-57-55-53-51-49-47-45-32-30-28-26-24-22-20-18-16-14-12-10-8-6-4-2/h5,7,11,13,17,19,23,25,29,31,34-35,37-38,77-79,81-84,86-87,89-91H,3-4,6,8-10,12,14-16,18,20-22,24,26-28,30,32-33,36,39-76H2,1-2H3,(H,85,88)/b7-5-,13-11-,19-17-,25-23-,31-29-,35-34-,38-37-. The molecule has 7 atom stereocenters. The van der Waals surface area contributed by atoms with E-state index in [1.54, 1.807) is 0 Å². The van der Waals surface area contributed by atoms with Gasteiger partial charge in [-0.2, -0.15) is 0 Å². The zero-order valence-corrected chi connectivity index (χ0v) is 61.0. The van der Waals surface area contributed by atoms with Crippen molar-refractivity contribution in [2.24, 2.45) is 0 Å². The molecule has 0 aromatic rings. The third kappa shape index (κ3) is 60.3. The second-order valence-electron chi connectivity index (χ2n) is 27.8. The summed E-state index contributed by atoms with van der Waals surface area (Å²) in [6, 6.07) is -0.723. The molecule has 93 heavy (non-hydrogen) atoms. The number of carbonyl (C=O) groups is 1. The lowest BCUT2D eigenvalue weighted by atomic mass is 9.99. The van der Waals surface area contributed by atoms with Crippen LogP contribution in [0, 0.1) is 0 Å². The summed E-state index contributed by atoms with van der Waals surface area (Å²) in [4.78, 5) is 13.2. The Morgan fingerprint density at radius 3 is 0.989 bits per heavy atom. The third-order valence-electron chi connectivity index (χ3n) is 19.0. The third-order valence-corrected chi connectivity index (χ3v) is 19.0. The van der Waals surface area contributed by atoms with Crippen LogP contribution in [-0.4, -0.2) is 87.5 Å². The van der Waals surface area contributed by atoms with Gasteiger partial charge < -0.3 is 40.3 Å². The molecule has 9 heteroatoms. The van der Waals surface area contributed by atoms with Crippen molar-refractivity contribution < 1.29 is 39.8 Å². The van der Waals surface area contributed by atoms with Crippen molar-refractivity contribution >= 4 is 5.91 Å². The van der Waals surface area contributed by atoms with Gasteiger partial charge in [-0.3, -0.25) is 4.79 Å². The summed E-state index contributed by atoms with van der Waals surface area (Å²) in [6.45, 7) is 3.78. The highest BCUT2D eigenvalue weighted by Gasteiger charge is 2.44. The quantitative estimate of drug-likeness (QED) is 0.0261. The van der Waals surface area contributed by atoms with E-state index in [2.05, 4.69) is 104 Å². The van der Waals surface area contributed by atoms with Gasteiger partial charge in [0.05, 0.1) is 25.4 Å². The van der Waals surface area contributed by atoms with E-state index >= 15 is 0 Å². The van der Waals surface area contributed by atoms with Gasteiger partial charge in [-0.25, -0.2) is 0 Å². The Labute approximate surface area is 575 Å². The van der Waals surface area contributed by atoms with Crippen LogP contribution in [0.5, 0.6) is 0 Å². The van der Waals surface area contributed by atoms with E-state index in [1.807, 2.05) is 0 Å². The van der Waals surface area contributed by atoms with Crippen molar-refractivity contribution in [1.82, 2.24) is 5.32 Å². The van der Waals surface area contributed by atoms with Crippen LogP contribution in [0.25, 0.3) is 0 Å². The highest BCUT2D eigenvalue weighted by Crippen LogP contribution is 2.24. The Balaban J connectivity index is 2.05. The van der Waals surface area contributed by atoms with Gasteiger partial charge in [0.2, 0.25) is 5.91 Å². The van der Waals surface area contributed by atoms with Crippen LogP contribution in [0.15, 0.2) is 85.1 Å². The van der Waals surface area contributed by atoms with Crippen molar-refractivity contribution in [2.45, 2.75) is 429 Å². The number of rotatable bonds is 71. The normalized spacial score (nSPS) is 18.0. The first kappa shape index (κ1) is 88.4. The van der Waals surface area contributed by atoms with Gasteiger partial charge >= 0.3 is 0 Å². The number of aliphatic hydroxyl groups is 5. The number of aliphatic hydroxyl groups excluding tert-OH is 5. The first-order valence-electron chi connectivity index (χ1n) is 40.3. The number of amides is 1. The van der Waals surface area contributed by atoms with E-state index in [1.165, 1.54) is 276 Å². The molecule has 1 rings (SSSR count). The van der Waals surface area contributed by atoms with Crippen molar-refractivity contribution in [3.05, 3.63) is 85.1 Å². The number of hydrogen-bond donors (Lipinski definition) is 6. The second-order valence-corrected chi connectivity index (χ2v) is 27.8. The Morgan fingerprint density at radius 2 is 0.667 bits per heavy atom. The molecule has 0 aromatic carbocycles. The van der Waals surface area contributed by atoms with E-state index in [0.29, 0.717) is 12.8 Å². The Kier molecular flexibility index (Phi) is 68.5. The van der Waals surface area contributed by atoms with Crippen molar-refractivity contribution in [3.8, 4) is 0 Å². The van der Waals surface area contributed by atoms with E-state index in [0.717, 1.165) is 83.5 Å². The maximum atomic E-state index is 13.2. The first-order valence-corrected chi connectivity index (χ1v) is 40.3. The summed E-state index contributed by atoms with van der Waals surface area (Å²) in [5.41, 5.74) is 0. The Morgan fingerprint density at radius 1 is 0.376 bits per heavy atom. The average molecular weight is 1310 g/mol. The molecule has 0 aromatic heterocycles. The van der Waals surface area contributed by atoms with Gasteiger partial charge in [-0.15, -0.1) is 0 Å². The highest BCUT2D eigenvalue weighted by molar-refractivity contribution is 5.76. The lowest BCUT2D eigenvalue weighted by Crippen LogP contribution is -2.60. The number of nitrogens with one attached hydrogen (secondary N) is 1. The lowest BCUT2D eigenvalue weighted by Gasteiger charge is -2.40. The van der Waals surface area contributed by atoms with Crippen molar-refractivity contribution in [2.75, 3.05) is 13.2 Å². The maximum absolute atomic E-state index is 13.2. The largest absolute Gasteiger partial charge is 0.394 e. The second kappa shape index (κ2) is 72.1. The van der Waals surface area contributed by atoms with E-state index < -0.39 is 49.5 Å². The minimum absolute atomic E-state index is 0.136. The van der Waals surface area contributed by atoms with E-state index in [9.17, 15) is 30.3 Å². The first-order chi connectivity index (χ1) is 45.8. The topological polar surface area (TPSA) is 149 Å². The van der Waals surface area contributed by atoms with Gasteiger partial charge in [0.25, 0.3) is 0 Å². The molecule has 1 aliphatic rings. The number of carbonyl (C=O) groups excluding carboxylic acids is 1. The number of unbranched alkanes of at least 4 members (excludes halogenated alkanes) is 47. The van der Waals surface area contributed by atoms with E-state index in [4.69, 9.17) is 9.47 Å². The Hall–Kier alpha value is -2.63. The minimum Gasteiger partial charge on any atom is -0.394 e. The van der Waals surface area contributed by atoms with Gasteiger partial charge in [0.15, 0.2) is 6.29 Å². The van der Waals surface area contributed by atoms with Crippen molar-refractivity contribution in [1.29, 1.82) is 0 Å². The molecule has 1 aliphatic heterocycles. The SMILES string of the molecule is CC/C=C\C/C=C\C/C=C\C/C=C\C/C=C\C/C=C\C/C=C\CCCCCCCCCCCCCCCCCCCCCC(=O)NC(COC1OC(CO)C(O)C(O)C1O)C(O)CCCCCCCCCCCCCCCCCCCCCCCCCCCCCCC. The fourth-order valence-corrected chi connectivity index (χ4v) is 12.8. The molecule has 6 N–H and O–H groups in total. The van der Waals surface area contributed by atoms with Crippen LogP contribution < -0.4 is 5.32 Å². The number of allylic oxidation sites excluding steroid dienone is 14. The molecule has 0 aliphatic carbocycles. The lowest BCUT2D eigenvalue weighted by molar-refractivity contribution is -0.302. The summed E-state index contributed by atoms with van der Waals surface area (Å²) in [5, 5.41) is 55.1. The van der Waals surface area contributed by atoms with Crippen LogP contribution in [-0.2, 0) is 14.3 Å². The number of hydrogen-bond acceptors (Lipinski definition) is 8. The summed E-state index contributed by atoms with van der Waals surface area (Å²) in [7, 11) is 0. The molecule has 0 bridgehead atoms. The molecule has 1 heterocycles. The molecule has 1 amide bonds. The van der Waals surface area contributed by atoms with Crippen LogP contribution in [0.2, 0.25) is 0 Å². The molecule has 0 saturated carbocycles. The van der Waals surface area contributed by atoms with E-state index in [-0.39, 0.29) is 12.5 Å². The molecule has 9 nitrogen and oxygen atoms in total. The van der Waals surface area contributed by atoms with Crippen molar-refractivity contribution in [3.63, 3.8) is 0 Å². The Bertz CT molecular complexity index is 1750. The smallest absolute Gasteiger partial charge is 0.220 e.